The lowest BCUT2D eigenvalue weighted by Gasteiger charge is -2.18. The number of rotatable bonds is 3. The Balaban J connectivity index is 2.12. The van der Waals surface area contributed by atoms with Gasteiger partial charge in [0.1, 0.15) is 0 Å². The maximum absolute atomic E-state index is 12.4. The third-order valence-corrected chi connectivity index (χ3v) is 3.79. The maximum atomic E-state index is 12.4. The molecule has 2 unspecified atom stereocenters. The lowest BCUT2D eigenvalue weighted by Crippen LogP contribution is -2.30. The molecule has 1 saturated heterocycles. The van der Waals surface area contributed by atoms with Crippen LogP contribution in [0.2, 0.25) is 0 Å². The van der Waals surface area contributed by atoms with Gasteiger partial charge >= 0.3 is 0 Å². The molecule has 0 bridgehead atoms. The summed E-state index contributed by atoms with van der Waals surface area (Å²) in [6, 6.07) is 6.71. The van der Waals surface area contributed by atoms with Gasteiger partial charge in [0.25, 0.3) is 11.8 Å². The van der Waals surface area contributed by atoms with Crippen LogP contribution in [-0.4, -0.2) is 48.1 Å². The number of likely N-dealkylation sites (tertiary alicyclic amines) is 1. The van der Waals surface area contributed by atoms with E-state index in [2.05, 4.69) is 5.32 Å². The smallest absolute Gasteiger partial charge is 0.253 e. The van der Waals surface area contributed by atoms with Gasteiger partial charge in [0.05, 0.1) is 6.10 Å². The minimum absolute atomic E-state index is 0.0843. The Morgan fingerprint density at radius 3 is 2.70 bits per heavy atom. The average Bonchev–Trinajstić information content (AvgIpc) is 2.95. The van der Waals surface area contributed by atoms with Gasteiger partial charge in [0.2, 0.25) is 0 Å². The van der Waals surface area contributed by atoms with Crippen molar-refractivity contribution in [1.29, 1.82) is 0 Å². The second-order valence-electron chi connectivity index (χ2n) is 5.20. The molecule has 0 aliphatic carbocycles. The van der Waals surface area contributed by atoms with E-state index in [1.54, 1.807) is 43.1 Å². The predicted octanol–water partition coefficient (Wildman–Crippen LogP) is 0.889. The molecule has 1 fully saturated rings. The van der Waals surface area contributed by atoms with Crippen molar-refractivity contribution in [2.75, 3.05) is 20.1 Å². The first-order valence-electron chi connectivity index (χ1n) is 6.82. The largest absolute Gasteiger partial charge is 0.393 e. The first kappa shape index (κ1) is 14.5. The van der Waals surface area contributed by atoms with E-state index >= 15 is 0 Å². The van der Waals surface area contributed by atoms with E-state index in [0.29, 0.717) is 24.2 Å². The molecule has 2 amide bonds. The topological polar surface area (TPSA) is 69.6 Å². The third kappa shape index (κ3) is 2.99. The van der Waals surface area contributed by atoms with Crippen LogP contribution in [0.4, 0.5) is 0 Å². The summed E-state index contributed by atoms with van der Waals surface area (Å²) in [5.41, 5.74) is 0.988. The van der Waals surface area contributed by atoms with E-state index in [9.17, 15) is 14.7 Å². The highest BCUT2D eigenvalue weighted by molar-refractivity contribution is 5.99. The van der Waals surface area contributed by atoms with Crippen LogP contribution < -0.4 is 5.32 Å². The molecule has 20 heavy (non-hydrogen) atoms. The van der Waals surface area contributed by atoms with Crippen molar-refractivity contribution in [2.45, 2.75) is 19.4 Å². The summed E-state index contributed by atoms with van der Waals surface area (Å²) in [7, 11) is 1.56. The number of aliphatic hydroxyl groups is 1. The Bertz CT molecular complexity index is 514. The monoisotopic (exact) mass is 276 g/mol. The third-order valence-electron chi connectivity index (χ3n) is 3.79. The molecule has 5 nitrogen and oxygen atoms in total. The summed E-state index contributed by atoms with van der Waals surface area (Å²) in [6.45, 7) is 2.98. The molecule has 0 spiro atoms. The number of carbonyl (C=O) groups excluding carboxylic acids is 2. The van der Waals surface area contributed by atoms with Gasteiger partial charge < -0.3 is 15.3 Å². The summed E-state index contributed by atoms with van der Waals surface area (Å²) in [4.78, 5) is 25.7. The number of nitrogens with zero attached hydrogens (tertiary/aromatic N) is 1. The Kier molecular flexibility index (Phi) is 4.39. The molecule has 1 aromatic rings. The van der Waals surface area contributed by atoms with Crippen LogP contribution in [-0.2, 0) is 0 Å². The Hall–Kier alpha value is -1.88. The van der Waals surface area contributed by atoms with E-state index in [4.69, 9.17) is 0 Å². The minimum atomic E-state index is -0.398. The molecule has 0 saturated carbocycles. The molecule has 1 aliphatic rings. The van der Waals surface area contributed by atoms with Crippen molar-refractivity contribution in [2.24, 2.45) is 5.92 Å². The van der Waals surface area contributed by atoms with Crippen molar-refractivity contribution in [3.05, 3.63) is 35.4 Å². The molecule has 2 rings (SSSR count). The fraction of sp³-hybridized carbons (Fsp3) is 0.467. The van der Waals surface area contributed by atoms with E-state index in [0.717, 1.165) is 6.42 Å². The van der Waals surface area contributed by atoms with Gasteiger partial charge in [-0.1, -0.05) is 6.07 Å². The zero-order valence-corrected chi connectivity index (χ0v) is 11.8. The SMILES string of the molecule is CNC(=O)c1cccc(C(=O)N2CCC(C(C)O)C2)c1. The molecule has 1 aromatic carbocycles. The van der Waals surface area contributed by atoms with Gasteiger partial charge in [-0.25, -0.2) is 0 Å². The highest BCUT2D eigenvalue weighted by atomic mass is 16.3. The van der Waals surface area contributed by atoms with Crippen LogP contribution in [0.3, 0.4) is 0 Å². The number of aliphatic hydroxyl groups excluding tert-OH is 1. The number of amides is 2. The van der Waals surface area contributed by atoms with Gasteiger partial charge in [-0.05, 0) is 31.5 Å². The zero-order chi connectivity index (χ0) is 14.7. The van der Waals surface area contributed by atoms with Crippen LogP contribution >= 0.6 is 0 Å². The van der Waals surface area contributed by atoms with Crippen LogP contribution in [0.1, 0.15) is 34.1 Å². The Morgan fingerprint density at radius 1 is 1.40 bits per heavy atom. The Morgan fingerprint density at radius 2 is 2.10 bits per heavy atom. The van der Waals surface area contributed by atoms with Gasteiger partial charge in [-0.15, -0.1) is 0 Å². The van der Waals surface area contributed by atoms with E-state index < -0.39 is 6.10 Å². The minimum Gasteiger partial charge on any atom is -0.393 e. The normalized spacial score (nSPS) is 19.8. The first-order chi connectivity index (χ1) is 9.52. The zero-order valence-electron chi connectivity index (χ0n) is 11.8. The molecule has 5 heteroatoms. The number of hydrogen-bond donors (Lipinski definition) is 2. The number of hydrogen-bond acceptors (Lipinski definition) is 3. The fourth-order valence-corrected chi connectivity index (χ4v) is 2.49. The second-order valence-corrected chi connectivity index (χ2v) is 5.20. The van der Waals surface area contributed by atoms with Crippen LogP contribution in [0, 0.1) is 5.92 Å². The molecule has 0 aromatic heterocycles. The summed E-state index contributed by atoms with van der Waals surface area (Å²) < 4.78 is 0. The van der Waals surface area contributed by atoms with E-state index in [1.165, 1.54) is 0 Å². The molecule has 108 valence electrons. The first-order valence-corrected chi connectivity index (χ1v) is 6.82. The van der Waals surface area contributed by atoms with Crippen molar-refractivity contribution < 1.29 is 14.7 Å². The molecule has 1 heterocycles. The standard InChI is InChI=1S/C15H20N2O3/c1-10(18)13-6-7-17(9-13)15(20)12-5-3-4-11(8-12)14(19)16-2/h3-5,8,10,13,18H,6-7,9H2,1-2H3,(H,16,19). The molecule has 2 N–H and O–H groups in total. The lowest BCUT2D eigenvalue weighted by molar-refractivity contribution is 0.0762. The summed E-state index contributed by atoms with van der Waals surface area (Å²) in [6.07, 6.45) is 0.420. The second kappa shape index (κ2) is 6.05. The van der Waals surface area contributed by atoms with Crippen molar-refractivity contribution in [1.82, 2.24) is 10.2 Å². The quantitative estimate of drug-likeness (QED) is 0.861. The average molecular weight is 276 g/mol. The fourth-order valence-electron chi connectivity index (χ4n) is 2.49. The van der Waals surface area contributed by atoms with Gasteiger partial charge in [0, 0.05) is 37.2 Å². The molecule has 2 atom stereocenters. The molecule has 0 radical (unpaired) electrons. The highest BCUT2D eigenvalue weighted by Crippen LogP contribution is 2.21. The Labute approximate surface area is 118 Å². The highest BCUT2D eigenvalue weighted by Gasteiger charge is 2.29. The van der Waals surface area contributed by atoms with Crippen LogP contribution in [0.15, 0.2) is 24.3 Å². The van der Waals surface area contributed by atoms with E-state index in [-0.39, 0.29) is 17.7 Å². The van der Waals surface area contributed by atoms with Crippen LogP contribution in [0.25, 0.3) is 0 Å². The number of carbonyl (C=O) groups is 2. The van der Waals surface area contributed by atoms with Gasteiger partial charge in [0.15, 0.2) is 0 Å². The summed E-state index contributed by atoms with van der Waals surface area (Å²) in [5.74, 6) is -0.150. The number of nitrogens with one attached hydrogen (secondary N) is 1. The van der Waals surface area contributed by atoms with Gasteiger partial charge in [-0.3, -0.25) is 9.59 Å². The number of benzene rings is 1. The maximum Gasteiger partial charge on any atom is 0.253 e. The van der Waals surface area contributed by atoms with Gasteiger partial charge in [-0.2, -0.15) is 0 Å². The predicted molar refractivity (Wildman–Crippen MR) is 75.5 cm³/mol. The van der Waals surface area contributed by atoms with Crippen molar-refractivity contribution >= 4 is 11.8 Å². The van der Waals surface area contributed by atoms with Crippen molar-refractivity contribution in [3.63, 3.8) is 0 Å². The lowest BCUT2D eigenvalue weighted by atomic mass is 10.0. The molecular formula is C15H20N2O3. The molecular weight excluding hydrogens is 256 g/mol. The van der Waals surface area contributed by atoms with Crippen molar-refractivity contribution in [3.8, 4) is 0 Å². The van der Waals surface area contributed by atoms with Crippen LogP contribution in [0.5, 0.6) is 0 Å². The summed E-state index contributed by atoms with van der Waals surface area (Å²) >= 11 is 0. The van der Waals surface area contributed by atoms with E-state index in [1.807, 2.05) is 0 Å². The summed E-state index contributed by atoms with van der Waals surface area (Å²) in [5, 5.41) is 12.1. The molecule has 1 aliphatic heterocycles.